The van der Waals surface area contributed by atoms with Gasteiger partial charge in [0, 0.05) is 13.1 Å². The molecule has 3 aromatic rings. The minimum Gasteiger partial charge on any atom is -0.497 e. The van der Waals surface area contributed by atoms with E-state index in [9.17, 15) is 13.2 Å². The van der Waals surface area contributed by atoms with E-state index in [-0.39, 0.29) is 26.1 Å². The molecule has 0 atom stereocenters. The third kappa shape index (κ3) is 6.86. The molecule has 0 saturated carbocycles. The fourth-order valence-electron chi connectivity index (χ4n) is 3.69. The van der Waals surface area contributed by atoms with E-state index in [4.69, 9.17) is 14.2 Å². The molecule has 37 heavy (non-hydrogen) atoms. The summed E-state index contributed by atoms with van der Waals surface area (Å²) in [6.07, 6.45) is 0.883. The SMILES string of the molecule is CCOC(=O)CC(C)(C)n1cc(F)c(S(=O)(=O)N(Cc2ccc(OC)cc2)Cc2ccc(OC)cc2)n1. The number of benzene rings is 2. The third-order valence-corrected chi connectivity index (χ3v) is 7.46. The molecule has 3 rings (SSSR count). The minimum atomic E-state index is -4.39. The quantitative estimate of drug-likeness (QED) is 0.323. The second-order valence-electron chi connectivity index (χ2n) is 8.99. The van der Waals surface area contributed by atoms with Gasteiger partial charge in [-0.2, -0.15) is 9.40 Å². The predicted octanol–water partition coefficient (Wildman–Crippen LogP) is 4.12. The summed E-state index contributed by atoms with van der Waals surface area (Å²) in [4.78, 5) is 12.0. The first-order chi connectivity index (χ1) is 17.5. The Morgan fingerprint density at radius 3 is 1.89 bits per heavy atom. The van der Waals surface area contributed by atoms with E-state index in [1.165, 1.54) is 14.2 Å². The number of hydrogen-bond donors (Lipinski definition) is 0. The summed E-state index contributed by atoms with van der Waals surface area (Å²) in [5, 5.41) is 3.37. The molecule has 0 spiro atoms. The van der Waals surface area contributed by atoms with Crippen LogP contribution >= 0.6 is 0 Å². The first kappa shape index (κ1) is 28.1. The van der Waals surface area contributed by atoms with Crippen LogP contribution in [0.2, 0.25) is 0 Å². The number of esters is 1. The average molecular weight is 534 g/mol. The fraction of sp³-hybridized carbons (Fsp3) is 0.385. The zero-order valence-corrected chi connectivity index (χ0v) is 22.4. The molecule has 0 amide bonds. The lowest BCUT2D eigenvalue weighted by Crippen LogP contribution is -2.33. The van der Waals surface area contributed by atoms with Crippen molar-refractivity contribution in [2.75, 3.05) is 20.8 Å². The predicted molar refractivity (Wildman–Crippen MR) is 135 cm³/mol. The summed E-state index contributed by atoms with van der Waals surface area (Å²) in [5.41, 5.74) is 0.346. The highest BCUT2D eigenvalue weighted by molar-refractivity contribution is 7.89. The van der Waals surface area contributed by atoms with Gasteiger partial charge in [-0.25, -0.2) is 12.8 Å². The van der Waals surface area contributed by atoms with Gasteiger partial charge in [0.05, 0.1) is 39.0 Å². The number of nitrogens with zero attached hydrogens (tertiary/aromatic N) is 3. The molecule has 0 N–H and O–H groups in total. The maximum atomic E-state index is 15.1. The molecule has 0 bridgehead atoms. The Balaban J connectivity index is 1.97. The molecule has 0 fully saturated rings. The van der Waals surface area contributed by atoms with Crippen LogP contribution < -0.4 is 9.47 Å². The van der Waals surface area contributed by atoms with Gasteiger partial charge in [0.2, 0.25) is 5.03 Å². The highest BCUT2D eigenvalue weighted by Gasteiger charge is 2.34. The maximum absolute atomic E-state index is 15.1. The number of carbonyl (C=O) groups is 1. The molecule has 0 unspecified atom stereocenters. The Labute approximate surface area is 216 Å². The van der Waals surface area contributed by atoms with Crippen LogP contribution in [0.3, 0.4) is 0 Å². The Hall–Kier alpha value is -3.44. The fourth-order valence-corrected chi connectivity index (χ4v) is 5.06. The lowest BCUT2D eigenvalue weighted by atomic mass is 10.0. The van der Waals surface area contributed by atoms with Gasteiger partial charge in [0.25, 0.3) is 10.0 Å². The number of sulfonamides is 1. The molecule has 0 aliphatic heterocycles. The second-order valence-corrected chi connectivity index (χ2v) is 10.8. The van der Waals surface area contributed by atoms with Gasteiger partial charge < -0.3 is 14.2 Å². The molecule has 9 nitrogen and oxygen atoms in total. The van der Waals surface area contributed by atoms with E-state index in [0.29, 0.717) is 22.6 Å². The van der Waals surface area contributed by atoms with Crippen molar-refractivity contribution in [1.82, 2.24) is 14.1 Å². The molecule has 0 aliphatic carbocycles. The summed E-state index contributed by atoms with van der Waals surface area (Å²) >= 11 is 0. The molecule has 0 aliphatic rings. The van der Waals surface area contributed by atoms with E-state index in [2.05, 4.69) is 5.10 Å². The van der Waals surface area contributed by atoms with E-state index in [1.54, 1.807) is 69.3 Å². The maximum Gasteiger partial charge on any atom is 0.308 e. The molecule has 200 valence electrons. The van der Waals surface area contributed by atoms with Crippen LogP contribution in [0.15, 0.2) is 59.8 Å². The van der Waals surface area contributed by atoms with E-state index < -0.39 is 32.4 Å². The van der Waals surface area contributed by atoms with E-state index in [1.807, 2.05) is 0 Å². The van der Waals surface area contributed by atoms with Gasteiger partial charge in [0.1, 0.15) is 11.5 Å². The molecule has 11 heteroatoms. The highest BCUT2D eigenvalue weighted by atomic mass is 32.2. The molecule has 0 radical (unpaired) electrons. The Kier molecular flexibility index (Phi) is 8.93. The number of ether oxygens (including phenoxy) is 3. The standard InChI is InChI=1S/C26H32FN3O6S/c1-6-36-24(31)15-26(2,3)30-18-23(27)25(28-30)37(32,33)29(16-19-7-11-21(34-4)12-8-19)17-20-9-13-22(35-5)14-10-20/h7-14,18H,6,15-17H2,1-5H3. The van der Waals surface area contributed by atoms with Gasteiger partial charge >= 0.3 is 5.97 Å². The zero-order chi connectivity index (χ0) is 27.2. The molecule has 1 heterocycles. The molecular formula is C26H32FN3O6S. The zero-order valence-electron chi connectivity index (χ0n) is 21.6. The summed E-state index contributed by atoms with van der Waals surface area (Å²) in [6, 6.07) is 13.9. The van der Waals surface area contributed by atoms with E-state index in [0.717, 1.165) is 15.2 Å². The summed E-state index contributed by atoms with van der Waals surface area (Å²) in [6.45, 7) is 5.13. The van der Waals surface area contributed by atoms with Gasteiger partial charge in [-0.15, -0.1) is 0 Å². The van der Waals surface area contributed by atoms with Crippen molar-refractivity contribution in [2.24, 2.45) is 0 Å². The minimum absolute atomic E-state index is 0.0309. The van der Waals surface area contributed by atoms with Crippen LogP contribution in [0.25, 0.3) is 0 Å². The average Bonchev–Trinajstić information content (AvgIpc) is 3.28. The van der Waals surface area contributed by atoms with Crippen molar-refractivity contribution < 1.29 is 31.8 Å². The monoisotopic (exact) mass is 533 g/mol. The van der Waals surface area contributed by atoms with Crippen molar-refractivity contribution in [3.8, 4) is 11.5 Å². The summed E-state index contributed by atoms with van der Waals surface area (Å²) in [5.74, 6) is -0.247. The Morgan fingerprint density at radius 2 is 1.46 bits per heavy atom. The largest absolute Gasteiger partial charge is 0.497 e. The topological polar surface area (TPSA) is 100.0 Å². The smallest absolute Gasteiger partial charge is 0.308 e. The van der Waals surface area contributed by atoms with E-state index >= 15 is 4.39 Å². The highest BCUT2D eigenvalue weighted by Crippen LogP contribution is 2.27. The van der Waals surface area contributed by atoms with Crippen molar-refractivity contribution in [2.45, 2.75) is 50.8 Å². The van der Waals surface area contributed by atoms with Gasteiger partial charge in [-0.1, -0.05) is 24.3 Å². The Bertz CT molecular complexity index is 1260. The first-order valence-electron chi connectivity index (χ1n) is 11.7. The number of halogens is 1. The van der Waals surface area contributed by atoms with Crippen molar-refractivity contribution in [3.63, 3.8) is 0 Å². The number of aromatic nitrogens is 2. The van der Waals surface area contributed by atoms with Crippen molar-refractivity contribution in [1.29, 1.82) is 0 Å². The van der Waals surface area contributed by atoms with Crippen LogP contribution in [0.5, 0.6) is 11.5 Å². The number of hydrogen-bond acceptors (Lipinski definition) is 7. The van der Waals surface area contributed by atoms with Gasteiger partial charge in [-0.05, 0) is 56.2 Å². The Morgan fingerprint density at radius 1 is 0.973 bits per heavy atom. The van der Waals surface area contributed by atoms with Crippen LogP contribution in [-0.4, -0.2) is 49.3 Å². The molecule has 1 aromatic heterocycles. The van der Waals surface area contributed by atoms with Gasteiger partial charge in [0.15, 0.2) is 5.82 Å². The third-order valence-electron chi connectivity index (χ3n) is 5.76. The normalized spacial score (nSPS) is 12.0. The lowest BCUT2D eigenvalue weighted by molar-refractivity contribution is -0.145. The van der Waals surface area contributed by atoms with Crippen molar-refractivity contribution >= 4 is 16.0 Å². The van der Waals surface area contributed by atoms with Crippen LogP contribution in [0.4, 0.5) is 4.39 Å². The number of rotatable bonds is 12. The molecular weight excluding hydrogens is 501 g/mol. The first-order valence-corrected chi connectivity index (χ1v) is 13.1. The number of carbonyl (C=O) groups excluding carboxylic acids is 1. The van der Waals surface area contributed by atoms with Crippen LogP contribution in [0, 0.1) is 5.82 Å². The van der Waals surface area contributed by atoms with Crippen LogP contribution in [-0.2, 0) is 38.2 Å². The van der Waals surface area contributed by atoms with Crippen molar-refractivity contribution in [3.05, 3.63) is 71.7 Å². The van der Waals surface area contributed by atoms with Crippen LogP contribution in [0.1, 0.15) is 38.3 Å². The van der Waals surface area contributed by atoms with Gasteiger partial charge in [-0.3, -0.25) is 9.48 Å². The summed E-state index contributed by atoms with van der Waals surface area (Å²) in [7, 11) is -1.31. The summed E-state index contributed by atoms with van der Waals surface area (Å²) < 4.78 is 60.3. The second kappa shape index (κ2) is 11.7. The number of methoxy groups -OCH3 is 2. The lowest BCUT2D eigenvalue weighted by Gasteiger charge is -2.24. The molecule has 2 aromatic carbocycles. The molecule has 0 saturated heterocycles.